The fourth-order valence-corrected chi connectivity index (χ4v) is 3.36. The number of carbonyl (C=O) groups excluding carboxylic acids is 2. The molecule has 1 aromatic heterocycles. The molecule has 0 spiro atoms. The number of carbonyl (C=O) groups is 2. The summed E-state index contributed by atoms with van der Waals surface area (Å²) in [6.07, 6.45) is 1.35. The summed E-state index contributed by atoms with van der Waals surface area (Å²) in [6, 6.07) is 1.82. The van der Waals surface area contributed by atoms with Crippen molar-refractivity contribution >= 4 is 22.7 Å². The summed E-state index contributed by atoms with van der Waals surface area (Å²) >= 11 is 0. The number of aromatic amines is 1. The number of nitrogens with zero attached hydrogens (tertiary/aromatic N) is 1. The number of rotatable bonds is 2. The molecule has 2 amide bonds. The Morgan fingerprint density at radius 1 is 1.32 bits per heavy atom. The third kappa shape index (κ3) is 2.90. The highest BCUT2D eigenvalue weighted by atomic mass is 19.1. The number of amides is 2. The second kappa shape index (κ2) is 6.31. The second-order valence-electron chi connectivity index (χ2n) is 6.66. The van der Waals surface area contributed by atoms with Crippen LogP contribution >= 0.6 is 0 Å². The second-order valence-corrected chi connectivity index (χ2v) is 6.66. The average molecular weight is 345 g/mol. The molecule has 132 valence electrons. The minimum absolute atomic E-state index is 0.0853. The fourth-order valence-electron chi connectivity index (χ4n) is 3.36. The number of hydrogen-bond acceptors (Lipinski definition) is 3. The Balaban J connectivity index is 2.09. The number of hydrogen-bond donors (Lipinski definition) is 2. The first-order chi connectivity index (χ1) is 11.8. The molecule has 1 aliphatic heterocycles. The topological polar surface area (TPSA) is 82.3 Å². The Labute approximate surface area is 144 Å². The van der Waals surface area contributed by atoms with E-state index in [9.17, 15) is 18.8 Å². The van der Waals surface area contributed by atoms with Crippen molar-refractivity contribution in [2.45, 2.75) is 26.8 Å². The average Bonchev–Trinajstić information content (AvgIpc) is 2.54. The van der Waals surface area contributed by atoms with Crippen LogP contribution in [0.25, 0.3) is 10.9 Å². The van der Waals surface area contributed by atoms with Gasteiger partial charge < -0.3 is 15.2 Å². The van der Waals surface area contributed by atoms with E-state index in [0.29, 0.717) is 24.2 Å². The molecule has 3 rings (SSSR count). The molecule has 1 unspecified atom stereocenters. The molecule has 2 heterocycles. The van der Waals surface area contributed by atoms with Crippen molar-refractivity contribution in [3.05, 3.63) is 45.5 Å². The first kappa shape index (κ1) is 17.1. The Morgan fingerprint density at radius 3 is 2.72 bits per heavy atom. The van der Waals surface area contributed by atoms with Crippen LogP contribution in [0, 0.1) is 18.7 Å². The number of H-pyrrole nitrogens is 1. The Kier molecular flexibility index (Phi) is 4.32. The number of halogens is 1. The van der Waals surface area contributed by atoms with Gasteiger partial charge in [0.2, 0.25) is 11.3 Å². The normalized spacial score (nSPS) is 17.9. The summed E-state index contributed by atoms with van der Waals surface area (Å²) in [6.45, 7) is 6.05. The zero-order valence-electron chi connectivity index (χ0n) is 14.4. The minimum Gasteiger partial charge on any atom is -0.360 e. The molecule has 1 aromatic carbocycles. The summed E-state index contributed by atoms with van der Waals surface area (Å²) in [5.41, 5.74) is 0.468. The summed E-state index contributed by atoms with van der Waals surface area (Å²) in [7, 11) is 0. The van der Waals surface area contributed by atoms with Crippen molar-refractivity contribution < 1.29 is 14.0 Å². The van der Waals surface area contributed by atoms with Crippen molar-refractivity contribution in [3.63, 3.8) is 0 Å². The van der Waals surface area contributed by atoms with Gasteiger partial charge >= 0.3 is 0 Å². The quantitative estimate of drug-likeness (QED) is 0.867. The van der Waals surface area contributed by atoms with Crippen LogP contribution in [0.4, 0.5) is 4.39 Å². The van der Waals surface area contributed by atoms with E-state index in [1.54, 1.807) is 6.92 Å². The largest absolute Gasteiger partial charge is 0.360 e. The predicted octanol–water partition coefficient (Wildman–Crippen LogP) is 1.57. The van der Waals surface area contributed by atoms with Crippen LogP contribution in [0.1, 0.15) is 29.8 Å². The monoisotopic (exact) mass is 345 g/mol. The first-order valence-corrected chi connectivity index (χ1v) is 8.21. The van der Waals surface area contributed by atoms with Crippen LogP contribution in [-0.4, -0.2) is 40.8 Å². The number of benzene rings is 1. The highest BCUT2D eigenvalue weighted by molar-refractivity contribution is 6.00. The van der Waals surface area contributed by atoms with Crippen molar-refractivity contribution in [2.75, 3.05) is 13.1 Å². The smallest absolute Gasteiger partial charge is 0.260 e. The maximum atomic E-state index is 13.7. The van der Waals surface area contributed by atoms with Crippen molar-refractivity contribution in [1.29, 1.82) is 0 Å². The lowest BCUT2D eigenvalue weighted by Gasteiger charge is -2.37. The highest BCUT2D eigenvalue weighted by Crippen LogP contribution is 2.19. The SMILES string of the molecule is Cc1cc(F)cc2c(=O)c(C(=O)N3CCNC(=O)C3C(C)C)c[nH]c12. The highest BCUT2D eigenvalue weighted by Gasteiger charge is 2.36. The van der Waals surface area contributed by atoms with E-state index in [4.69, 9.17) is 0 Å². The molecule has 0 saturated carbocycles. The molecule has 2 aromatic rings. The molecule has 0 aliphatic carbocycles. The number of pyridine rings is 1. The van der Waals surface area contributed by atoms with Crippen LogP contribution in [0.5, 0.6) is 0 Å². The lowest BCUT2D eigenvalue weighted by Crippen LogP contribution is -2.59. The van der Waals surface area contributed by atoms with Gasteiger partial charge in [0.1, 0.15) is 17.4 Å². The predicted molar refractivity (Wildman–Crippen MR) is 91.9 cm³/mol. The van der Waals surface area contributed by atoms with E-state index in [1.165, 1.54) is 17.2 Å². The molecule has 1 saturated heterocycles. The zero-order chi connectivity index (χ0) is 18.3. The molecule has 0 bridgehead atoms. The molecule has 0 radical (unpaired) electrons. The summed E-state index contributed by atoms with van der Waals surface area (Å²) < 4.78 is 13.7. The maximum absolute atomic E-state index is 13.7. The molecular formula is C18H20FN3O3. The number of aromatic nitrogens is 1. The van der Waals surface area contributed by atoms with Crippen molar-refractivity contribution in [2.24, 2.45) is 5.92 Å². The van der Waals surface area contributed by atoms with Gasteiger partial charge in [-0.3, -0.25) is 14.4 Å². The standard InChI is InChI=1S/C18H20FN3O3/c1-9(2)15-17(24)20-4-5-22(15)18(25)13-8-21-14-10(3)6-11(19)7-12(14)16(13)23/h6-9,15H,4-5H2,1-3H3,(H,20,24)(H,21,23). The Hall–Kier alpha value is -2.70. The summed E-state index contributed by atoms with van der Waals surface area (Å²) in [5, 5.41) is 2.87. The van der Waals surface area contributed by atoms with E-state index >= 15 is 0 Å². The van der Waals surface area contributed by atoms with E-state index in [0.717, 1.165) is 6.07 Å². The Bertz CT molecular complexity index is 920. The van der Waals surface area contributed by atoms with Crippen molar-refractivity contribution in [1.82, 2.24) is 15.2 Å². The molecule has 6 nitrogen and oxygen atoms in total. The Morgan fingerprint density at radius 2 is 2.04 bits per heavy atom. The molecule has 1 fully saturated rings. The van der Waals surface area contributed by atoms with Crippen LogP contribution in [0.2, 0.25) is 0 Å². The van der Waals surface area contributed by atoms with E-state index in [1.807, 2.05) is 13.8 Å². The van der Waals surface area contributed by atoms with Gasteiger partial charge in [0.05, 0.1) is 5.52 Å². The fraction of sp³-hybridized carbons (Fsp3) is 0.389. The van der Waals surface area contributed by atoms with Gasteiger partial charge in [0, 0.05) is 24.7 Å². The van der Waals surface area contributed by atoms with Gasteiger partial charge in [-0.1, -0.05) is 13.8 Å². The summed E-state index contributed by atoms with van der Waals surface area (Å²) in [4.78, 5) is 42.1. The zero-order valence-corrected chi connectivity index (χ0v) is 14.4. The molecule has 1 aliphatic rings. The summed E-state index contributed by atoms with van der Waals surface area (Å²) in [5.74, 6) is -1.37. The molecule has 25 heavy (non-hydrogen) atoms. The number of fused-ring (bicyclic) bond motifs is 1. The van der Waals surface area contributed by atoms with Gasteiger partial charge in [-0.2, -0.15) is 0 Å². The molecular weight excluding hydrogens is 325 g/mol. The van der Waals surface area contributed by atoms with Crippen LogP contribution in [-0.2, 0) is 4.79 Å². The van der Waals surface area contributed by atoms with Crippen molar-refractivity contribution in [3.8, 4) is 0 Å². The van der Waals surface area contributed by atoms with E-state index in [2.05, 4.69) is 10.3 Å². The van der Waals surface area contributed by atoms with E-state index in [-0.39, 0.29) is 22.8 Å². The van der Waals surface area contributed by atoms with Crippen LogP contribution in [0.15, 0.2) is 23.1 Å². The third-order valence-electron chi connectivity index (χ3n) is 4.53. The van der Waals surface area contributed by atoms with Gasteiger partial charge in [-0.25, -0.2) is 4.39 Å². The lowest BCUT2D eigenvalue weighted by atomic mass is 9.98. The van der Waals surface area contributed by atoms with Gasteiger partial charge in [-0.05, 0) is 30.5 Å². The number of piperazine rings is 1. The molecule has 7 heteroatoms. The van der Waals surface area contributed by atoms with Gasteiger partial charge in [0.25, 0.3) is 5.91 Å². The van der Waals surface area contributed by atoms with Gasteiger partial charge in [0.15, 0.2) is 0 Å². The first-order valence-electron chi connectivity index (χ1n) is 8.21. The van der Waals surface area contributed by atoms with Crippen LogP contribution < -0.4 is 10.7 Å². The number of aryl methyl sites for hydroxylation is 1. The third-order valence-corrected chi connectivity index (χ3v) is 4.53. The molecule has 1 atom stereocenters. The maximum Gasteiger partial charge on any atom is 0.260 e. The lowest BCUT2D eigenvalue weighted by molar-refractivity contribution is -0.129. The number of nitrogens with one attached hydrogen (secondary N) is 2. The van der Waals surface area contributed by atoms with Gasteiger partial charge in [-0.15, -0.1) is 0 Å². The molecule has 2 N–H and O–H groups in total. The minimum atomic E-state index is -0.634. The van der Waals surface area contributed by atoms with E-state index < -0.39 is 23.2 Å². The van der Waals surface area contributed by atoms with Crippen LogP contribution in [0.3, 0.4) is 0 Å².